The molecule has 0 amide bonds. The first-order valence-corrected chi connectivity index (χ1v) is 11.5. The van der Waals surface area contributed by atoms with Gasteiger partial charge in [0.25, 0.3) is 0 Å². The summed E-state index contributed by atoms with van der Waals surface area (Å²) in [7, 11) is 2.12. The van der Waals surface area contributed by atoms with Gasteiger partial charge in [-0.3, -0.25) is 9.48 Å². The fourth-order valence-corrected chi connectivity index (χ4v) is 4.06. The average Bonchev–Trinajstić information content (AvgIpc) is 3.32. The molecular formula is C25H28FN7O. The molecule has 34 heavy (non-hydrogen) atoms. The van der Waals surface area contributed by atoms with Gasteiger partial charge in [-0.2, -0.15) is 10.4 Å². The number of ketones is 1. The number of benzene rings is 1. The lowest BCUT2D eigenvalue weighted by atomic mass is 9.96. The third-order valence-electron chi connectivity index (χ3n) is 6.25. The van der Waals surface area contributed by atoms with Gasteiger partial charge >= 0.3 is 0 Å². The van der Waals surface area contributed by atoms with E-state index in [1.807, 2.05) is 17.8 Å². The van der Waals surface area contributed by atoms with Crippen LogP contribution in [0.4, 0.5) is 16.0 Å². The fraction of sp³-hybridized carbons (Fsp3) is 0.400. The van der Waals surface area contributed by atoms with E-state index < -0.39 is 5.82 Å². The Morgan fingerprint density at radius 3 is 2.68 bits per heavy atom. The van der Waals surface area contributed by atoms with Crippen LogP contribution in [0.1, 0.15) is 49.0 Å². The normalized spacial score (nSPS) is 15.6. The molecular weight excluding hydrogens is 433 g/mol. The Kier molecular flexibility index (Phi) is 7.28. The number of aromatic nitrogens is 4. The van der Waals surface area contributed by atoms with Crippen LogP contribution in [0.2, 0.25) is 0 Å². The molecule has 4 rings (SSSR count). The second-order valence-corrected chi connectivity index (χ2v) is 8.70. The Morgan fingerprint density at radius 1 is 1.26 bits per heavy atom. The highest BCUT2D eigenvalue weighted by atomic mass is 19.1. The first-order chi connectivity index (χ1) is 16.5. The number of nitrogens with zero attached hydrogens (tertiary/aromatic N) is 6. The van der Waals surface area contributed by atoms with Crippen LogP contribution < -0.4 is 5.32 Å². The van der Waals surface area contributed by atoms with Crippen molar-refractivity contribution in [3.05, 3.63) is 54.2 Å². The molecule has 0 spiro atoms. The van der Waals surface area contributed by atoms with Crippen molar-refractivity contribution >= 4 is 17.4 Å². The van der Waals surface area contributed by atoms with Crippen molar-refractivity contribution in [2.45, 2.75) is 38.6 Å². The molecule has 1 aromatic carbocycles. The SMILES string of the molecule is CC[C@@H](C#N)CC(=O)c1ccc(-c2nc(Nc3cnn(C4CCN(C)CC4)c3)ncc2F)cc1. The Hall–Kier alpha value is -3.64. The smallest absolute Gasteiger partial charge is 0.228 e. The number of hydrogen-bond acceptors (Lipinski definition) is 7. The second kappa shape index (κ2) is 10.5. The molecule has 1 saturated heterocycles. The highest BCUT2D eigenvalue weighted by molar-refractivity contribution is 5.96. The van der Waals surface area contributed by atoms with E-state index in [2.05, 4.69) is 38.4 Å². The minimum Gasteiger partial charge on any atom is -0.321 e. The summed E-state index contributed by atoms with van der Waals surface area (Å²) in [5.74, 6) is -0.697. The third-order valence-corrected chi connectivity index (χ3v) is 6.25. The predicted molar refractivity (Wildman–Crippen MR) is 127 cm³/mol. The fourth-order valence-electron chi connectivity index (χ4n) is 4.06. The number of nitriles is 1. The van der Waals surface area contributed by atoms with Crippen LogP contribution in [0, 0.1) is 23.1 Å². The molecule has 176 valence electrons. The van der Waals surface area contributed by atoms with Crippen molar-refractivity contribution in [1.29, 1.82) is 5.26 Å². The van der Waals surface area contributed by atoms with Crippen molar-refractivity contribution in [3.8, 4) is 17.3 Å². The first-order valence-electron chi connectivity index (χ1n) is 11.5. The van der Waals surface area contributed by atoms with E-state index in [1.54, 1.807) is 30.5 Å². The molecule has 1 aliphatic rings. The summed E-state index contributed by atoms with van der Waals surface area (Å²) in [5, 5.41) is 16.7. The second-order valence-electron chi connectivity index (χ2n) is 8.70. The van der Waals surface area contributed by atoms with Gasteiger partial charge in [0.1, 0.15) is 5.69 Å². The Bertz CT molecular complexity index is 1180. The zero-order chi connectivity index (χ0) is 24.1. The van der Waals surface area contributed by atoms with E-state index in [4.69, 9.17) is 5.26 Å². The largest absolute Gasteiger partial charge is 0.321 e. The van der Waals surface area contributed by atoms with Crippen LogP contribution in [0.25, 0.3) is 11.3 Å². The number of anilines is 2. The molecule has 1 atom stereocenters. The zero-order valence-corrected chi connectivity index (χ0v) is 19.4. The highest BCUT2D eigenvalue weighted by Gasteiger charge is 2.19. The maximum absolute atomic E-state index is 14.5. The minimum atomic E-state index is -0.554. The molecule has 0 saturated carbocycles. The topological polar surface area (TPSA) is 99.7 Å². The molecule has 8 nitrogen and oxygen atoms in total. The first kappa shape index (κ1) is 23.5. The van der Waals surface area contributed by atoms with Gasteiger partial charge in [-0.25, -0.2) is 14.4 Å². The summed E-state index contributed by atoms with van der Waals surface area (Å²) in [6.45, 7) is 3.97. The van der Waals surface area contributed by atoms with Gasteiger partial charge in [-0.15, -0.1) is 0 Å². The molecule has 9 heteroatoms. The van der Waals surface area contributed by atoms with Gasteiger partial charge in [0.05, 0.1) is 36.1 Å². The van der Waals surface area contributed by atoms with E-state index >= 15 is 0 Å². The molecule has 0 aliphatic carbocycles. The van der Waals surface area contributed by atoms with E-state index in [0.29, 0.717) is 23.6 Å². The van der Waals surface area contributed by atoms with Crippen molar-refractivity contribution in [2.24, 2.45) is 5.92 Å². The Morgan fingerprint density at radius 2 is 2.00 bits per heavy atom. The number of carbonyl (C=O) groups is 1. The van der Waals surface area contributed by atoms with Crippen LogP contribution in [-0.4, -0.2) is 50.6 Å². The van der Waals surface area contributed by atoms with E-state index in [0.717, 1.165) is 37.8 Å². The Balaban J connectivity index is 1.46. The molecule has 3 heterocycles. The number of likely N-dealkylation sites (tertiary alicyclic amines) is 1. The Labute approximate surface area is 198 Å². The molecule has 0 unspecified atom stereocenters. The van der Waals surface area contributed by atoms with Crippen LogP contribution >= 0.6 is 0 Å². The summed E-state index contributed by atoms with van der Waals surface area (Å²) >= 11 is 0. The minimum absolute atomic E-state index is 0.105. The van der Waals surface area contributed by atoms with E-state index in [-0.39, 0.29) is 29.8 Å². The highest BCUT2D eigenvalue weighted by Crippen LogP contribution is 2.26. The average molecular weight is 462 g/mol. The number of hydrogen-bond donors (Lipinski definition) is 1. The van der Waals surface area contributed by atoms with Crippen LogP contribution in [0.15, 0.2) is 42.9 Å². The number of Topliss-reactive ketones (excluding diaryl/α,β-unsaturated/α-hetero) is 1. The number of rotatable bonds is 8. The lowest BCUT2D eigenvalue weighted by molar-refractivity contribution is 0.0969. The van der Waals surface area contributed by atoms with Gasteiger partial charge in [-0.1, -0.05) is 31.2 Å². The van der Waals surface area contributed by atoms with Gasteiger partial charge in [0, 0.05) is 23.7 Å². The summed E-state index contributed by atoms with van der Waals surface area (Å²) in [4.78, 5) is 23.1. The van der Waals surface area contributed by atoms with E-state index in [1.165, 1.54) is 0 Å². The maximum atomic E-state index is 14.5. The van der Waals surface area contributed by atoms with Crippen molar-refractivity contribution in [1.82, 2.24) is 24.6 Å². The lowest BCUT2D eigenvalue weighted by Gasteiger charge is -2.28. The van der Waals surface area contributed by atoms with Crippen molar-refractivity contribution in [2.75, 3.05) is 25.5 Å². The van der Waals surface area contributed by atoms with Crippen LogP contribution in [0.5, 0.6) is 0 Å². The lowest BCUT2D eigenvalue weighted by Crippen LogP contribution is -2.31. The van der Waals surface area contributed by atoms with Crippen LogP contribution in [-0.2, 0) is 0 Å². The number of piperidine rings is 1. The number of carbonyl (C=O) groups excluding carboxylic acids is 1. The molecule has 0 radical (unpaired) electrons. The van der Waals surface area contributed by atoms with Gasteiger partial charge in [0.2, 0.25) is 5.95 Å². The summed E-state index contributed by atoms with van der Waals surface area (Å²) in [6.07, 6.45) is 7.66. The molecule has 1 aliphatic heterocycles. The quantitative estimate of drug-likeness (QED) is 0.489. The van der Waals surface area contributed by atoms with Gasteiger partial charge in [0.15, 0.2) is 11.6 Å². The molecule has 2 aromatic heterocycles. The maximum Gasteiger partial charge on any atom is 0.228 e. The van der Waals surface area contributed by atoms with Crippen LogP contribution in [0.3, 0.4) is 0 Å². The number of halogens is 1. The van der Waals surface area contributed by atoms with E-state index in [9.17, 15) is 9.18 Å². The summed E-state index contributed by atoms with van der Waals surface area (Å²) < 4.78 is 16.5. The monoisotopic (exact) mass is 461 g/mol. The molecule has 1 N–H and O–H groups in total. The van der Waals surface area contributed by atoms with Crippen molar-refractivity contribution < 1.29 is 9.18 Å². The predicted octanol–water partition coefficient (Wildman–Crippen LogP) is 4.61. The number of nitrogens with one attached hydrogen (secondary N) is 1. The van der Waals surface area contributed by atoms with Crippen molar-refractivity contribution in [3.63, 3.8) is 0 Å². The third kappa shape index (κ3) is 5.46. The standard InChI is InChI=1S/C25H28FN7O/c1-3-17(13-27)12-23(34)18-4-6-19(7-5-18)24-22(26)15-28-25(31-24)30-20-14-29-33(16-20)21-8-10-32(2)11-9-21/h4-7,14-17,21H,3,8-12H2,1-2H3,(H,28,30,31)/t17-/m1/s1. The molecule has 3 aromatic rings. The van der Waals surface area contributed by atoms with Gasteiger partial charge < -0.3 is 10.2 Å². The molecule has 0 bridgehead atoms. The summed E-state index contributed by atoms with van der Waals surface area (Å²) in [5.41, 5.74) is 1.91. The zero-order valence-electron chi connectivity index (χ0n) is 19.4. The molecule has 1 fully saturated rings. The summed E-state index contributed by atoms with van der Waals surface area (Å²) in [6, 6.07) is 9.11. The van der Waals surface area contributed by atoms with Gasteiger partial charge in [-0.05, 0) is 39.4 Å².